The molecule has 0 saturated heterocycles. The Balaban J connectivity index is 2.36. The van der Waals surface area contributed by atoms with Crippen LogP contribution in [0.15, 0.2) is 42.5 Å². The van der Waals surface area contributed by atoms with Crippen LogP contribution in [-0.4, -0.2) is 13.1 Å². The first-order valence-corrected chi connectivity index (χ1v) is 6.37. The first-order valence-electron chi connectivity index (χ1n) is 6.37. The molecule has 0 aliphatic rings. The van der Waals surface area contributed by atoms with E-state index in [1.807, 2.05) is 0 Å². The maximum Gasteiger partial charge on any atom is 0.333 e. The van der Waals surface area contributed by atoms with E-state index < -0.39 is 17.8 Å². The van der Waals surface area contributed by atoms with Crippen LogP contribution in [0.5, 0.6) is 0 Å². The molecule has 3 nitrogen and oxygen atoms in total. The summed E-state index contributed by atoms with van der Waals surface area (Å²) in [6, 6.07) is 8.88. The molecule has 0 aliphatic heterocycles. The molecule has 0 aromatic heterocycles. The molecule has 0 amide bonds. The molecule has 2 aromatic carbocycles. The van der Waals surface area contributed by atoms with Crippen molar-refractivity contribution in [1.29, 1.82) is 0 Å². The summed E-state index contributed by atoms with van der Waals surface area (Å²) in [7, 11) is 1.26. The van der Waals surface area contributed by atoms with Crippen LogP contribution in [0.3, 0.4) is 0 Å². The molecule has 5 heteroatoms. The van der Waals surface area contributed by atoms with Crippen molar-refractivity contribution in [3.8, 4) is 0 Å². The number of nitrogens with one attached hydrogen (secondary N) is 1. The third-order valence-corrected chi connectivity index (χ3v) is 3.14. The summed E-state index contributed by atoms with van der Waals surface area (Å²) in [6.07, 6.45) is 0. The molecule has 0 heterocycles. The minimum Gasteiger partial charge on any atom is -0.467 e. The predicted octanol–water partition coefficient (Wildman–Crippen LogP) is 3.60. The number of carbonyl (C=O) groups is 1. The standard InChI is InChI=1S/C16H15F2NO2/c1-10-3-4-12(18)9-14(10)15(16(20)21-2)19-13-7-5-11(17)6-8-13/h3-9,15,19H,1-2H3. The fraction of sp³-hybridized carbons (Fsp3) is 0.188. The maximum atomic E-state index is 13.4. The summed E-state index contributed by atoms with van der Waals surface area (Å²) >= 11 is 0. The molecular formula is C16H15F2NO2. The summed E-state index contributed by atoms with van der Waals surface area (Å²) in [5.41, 5.74) is 1.77. The number of esters is 1. The number of halogens is 2. The molecule has 0 spiro atoms. The summed E-state index contributed by atoms with van der Waals surface area (Å²) < 4.78 is 31.1. The van der Waals surface area contributed by atoms with Gasteiger partial charge in [0, 0.05) is 5.69 Å². The van der Waals surface area contributed by atoms with Crippen LogP contribution in [-0.2, 0) is 9.53 Å². The lowest BCUT2D eigenvalue weighted by atomic mass is 10.0. The predicted molar refractivity (Wildman–Crippen MR) is 75.9 cm³/mol. The second-order valence-electron chi connectivity index (χ2n) is 4.61. The zero-order chi connectivity index (χ0) is 15.4. The van der Waals surface area contributed by atoms with Crippen molar-refractivity contribution in [2.24, 2.45) is 0 Å². The Labute approximate surface area is 121 Å². The molecule has 0 aliphatic carbocycles. The van der Waals surface area contributed by atoms with Gasteiger partial charge in [0.05, 0.1) is 7.11 Å². The highest BCUT2D eigenvalue weighted by molar-refractivity contribution is 5.81. The third kappa shape index (κ3) is 3.56. The largest absolute Gasteiger partial charge is 0.467 e. The molecule has 0 fully saturated rings. The first-order chi connectivity index (χ1) is 10.0. The molecular weight excluding hydrogens is 276 g/mol. The van der Waals surface area contributed by atoms with E-state index in [1.54, 1.807) is 13.0 Å². The van der Waals surface area contributed by atoms with Crippen LogP contribution >= 0.6 is 0 Å². The van der Waals surface area contributed by atoms with Crippen molar-refractivity contribution in [3.05, 3.63) is 65.2 Å². The molecule has 1 N–H and O–H groups in total. The summed E-state index contributed by atoms with van der Waals surface area (Å²) in [6.45, 7) is 1.77. The normalized spacial score (nSPS) is 11.8. The van der Waals surface area contributed by atoms with Crippen molar-refractivity contribution in [2.75, 3.05) is 12.4 Å². The van der Waals surface area contributed by atoms with Gasteiger partial charge in [-0.2, -0.15) is 0 Å². The van der Waals surface area contributed by atoms with Crippen LogP contribution in [0.25, 0.3) is 0 Å². The molecule has 0 radical (unpaired) electrons. The SMILES string of the molecule is COC(=O)C(Nc1ccc(F)cc1)c1cc(F)ccc1C. The van der Waals surface area contributed by atoms with E-state index in [-0.39, 0.29) is 5.82 Å². The number of methoxy groups -OCH3 is 1. The summed E-state index contributed by atoms with van der Waals surface area (Å²) in [5, 5.41) is 2.93. The number of rotatable bonds is 4. The van der Waals surface area contributed by atoms with Gasteiger partial charge in [0.15, 0.2) is 6.04 Å². The van der Waals surface area contributed by atoms with Crippen molar-refractivity contribution in [2.45, 2.75) is 13.0 Å². The number of hydrogen-bond acceptors (Lipinski definition) is 3. The molecule has 1 atom stereocenters. The zero-order valence-corrected chi connectivity index (χ0v) is 11.7. The Morgan fingerprint density at radius 2 is 1.71 bits per heavy atom. The zero-order valence-electron chi connectivity index (χ0n) is 11.7. The van der Waals surface area contributed by atoms with Crippen LogP contribution in [0.4, 0.5) is 14.5 Å². The van der Waals surface area contributed by atoms with Crippen molar-refractivity contribution >= 4 is 11.7 Å². The Kier molecular flexibility index (Phi) is 4.52. The number of carbonyl (C=O) groups excluding carboxylic acids is 1. The number of ether oxygens (including phenoxy) is 1. The van der Waals surface area contributed by atoms with E-state index >= 15 is 0 Å². The van der Waals surface area contributed by atoms with Gasteiger partial charge in [-0.3, -0.25) is 0 Å². The lowest BCUT2D eigenvalue weighted by Crippen LogP contribution is -2.23. The van der Waals surface area contributed by atoms with Crippen LogP contribution < -0.4 is 5.32 Å². The van der Waals surface area contributed by atoms with Gasteiger partial charge >= 0.3 is 5.97 Å². The smallest absolute Gasteiger partial charge is 0.333 e. The van der Waals surface area contributed by atoms with Gasteiger partial charge < -0.3 is 10.1 Å². The van der Waals surface area contributed by atoms with Crippen LogP contribution in [0.2, 0.25) is 0 Å². The second-order valence-corrected chi connectivity index (χ2v) is 4.61. The average Bonchev–Trinajstić information content (AvgIpc) is 2.48. The highest BCUT2D eigenvalue weighted by Gasteiger charge is 2.23. The topological polar surface area (TPSA) is 38.3 Å². The molecule has 1 unspecified atom stereocenters. The van der Waals surface area contributed by atoms with Gasteiger partial charge in [0.1, 0.15) is 11.6 Å². The third-order valence-electron chi connectivity index (χ3n) is 3.14. The van der Waals surface area contributed by atoms with E-state index in [2.05, 4.69) is 5.32 Å². The Bertz CT molecular complexity index is 641. The van der Waals surface area contributed by atoms with Crippen molar-refractivity contribution in [3.63, 3.8) is 0 Å². The maximum absolute atomic E-state index is 13.4. The lowest BCUT2D eigenvalue weighted by molar-refractivity contribution is -0.141. The molecule has 2 aromatic rings. The van der Waals surface area contributed by atoms with Gasteiger partial charge in [-0.25, -0.2) is 13.6 Å². The monoisotopic (exact) mass is 291 g/mol. The Morgan fingerprint density at radius 1 is 1.10 bits per heavy atom. The number of benzene rings is 2. The van der Waals surface area contributed by atoms with E-state index in [4.69, 9.17) is 4.74 Å². The number of hydrogen-bond donors (Lipinski definition) is 1. The summed E-state index contributed by atoms with van der Waals surface area (Å²) in [4.78, 5) is 12.0. The molecule has 0 saturated carbocycles. The fourth-order valence-corrected chi connectivity index (χ4v) is 2.02. The van der Waals surface area contributed by atoms with Gasteiger partial charge in [-0.15, -0.1) is 0 Å². The van der Waals surface area contributed by atoms with Crippen molar-refractivity contribution in [1.82, 2.24) is 0 Å². The van der Waals surface area contributed by atoms with Gasteiger partial charge in [0.25, 0.3) is 0 Å². The fourth-order valence-electron chi connectivity index (χ4n) is 2.02. The summed E-state index contributed by atoms with van der Waals surface area (Å²) in [5.74, 6) is -1.37. The van der Waals surface area contributed by atoms with E-state index in [9.17, 15) is 13.6 Å². The molecule has 2 rings (SSSR count). The second kappa shape index (κ2) is 6.35. The Hall–Kier alpha value is -2.43. The molecule has 0 bridgehead atoms. The minimum absolute atomic E-state index is 0.378. The van der Waals surface area contributed by atoms with Crippen LogP contribution in [0.1, 0.15) is 17.2 Å². The lowest BCUT2D eigenvalue weighted by Gasteiger charge is -2.20. The van der Waals surface area contributed by atoms with E-state index in [0.717, 1.165) is 5.56 Å². The van der Waals surface area contributed by atoms with E-state index in [1.165, 1.54) is 43.5 Å². The quantitative estimate of drug-likeness (QED) is 0.875. The first kappa shape index (κ1) is 15.0. The van der Waals surface area contributed by atoms with Gasteiger partial charge in [-0.1, -0.05) is 6.07 Å². The number of aryl methyl sites for hydroxylation is 1. The average molecular weight is 291 g/mol. The highest BCUT2D eigenvalue weighted by Crippen LogP contribution is 2.24. The van der Waals surface area contributed by atoms with E-state index in [0.29, 0.717) is 11.3 Å². The number of anilines is 1. The minimum atomic E-state index is -0.865. The molecule has 110 valence electrons. The Morgan fingerprint density at radius 3 is 2.33 bits per heavy atom. The van der Waals surface area contributed by atoms with Crippen molar-refractivity contribution < 1.29 is 18.3 Å². The molecule has 21 heavy (non-hydrogen) atoms. The highest BCUT2D eigenvalue weighted by atomic mass is 19.1. The van der Waals surface area contributed by atoms with Gasteiger partial charge in [-0.05, 0) is 54.4 Å². The van der Waals surface area contributed by atoms with Gasteiger partial charge in [0.2, 0.25) is 0 Å². The van der Waals surface area contributed by atoms with Crippen LogP contribution in [0, 0.1) is 18.6 Å².